The molecule has 104 valence electrons. The first-order valence-electron chi connectivity index (χ1n) is 6.13. The zero-order valence-electron chi connectivity index (χ0n) is 11.2. The second-order valence-corrected chi connectivity index (χ2v) is 4.44. The quantitative estimate of drug-likeness (QED) is 0.685. The lowest BCUT2D eigenvalue weighted by Gasteiger charge is -2.09. The van der Waals surface area contributed by atoms with E-state index in [9.17, 15) is 15.2 Å². The molecule has 0 fully saturated rings. The molecule has 5 heteroatoms. The van der Waals surface area contributed by atoms with Crippen LogP contribution in [0.2, 0.25) is 0 Å². The lowest BCUT2D eigenvalue weighted by atomic mass is 9.99. The summed E-state index contributed by atoms with van der Waals surface area (Å²) < 4.78 is 5.09. The number of ether oxygens (including phenoxy) is 1. The summed E-state index contributed by atoms with van der Waals surface area (Å²) in [5, 5.41) is 20.6. The van der Waals surface area contributed by atoms with E-state index in [1.165, 1.54) is 13.0 Å². The van der Waals surface area contributed by atoms with E-state index < -0.39 is 11.0 Å². The summed E-state index contributed by atoms with van der Waals surface area (Å²) in [6.45, 7) is 1.51. The van der Waals surface area contributed by atoms with Crippen LogP contribution in [0.15, 0.2) is 42.5 Å². The van der Waals surface area contributed by atoms with Crippen LogP contribution < -0.4 is 4.74 Å². The highest BCUT2D eigenvalue weighted by Gasteiger charge is 2.18. The van der Waals surface area contributed by atoms with Crippen LogP contribution in [0.4, 0.5) is 5.69 Å². The summed E-state index contributed by atoms with van der Waals surface area (Å²) in [5.41, 5.74) is 1.96. The van der Waals surface area contributed by atoms with Crippen molar-refractivity contribution < 1.29 is 14.8 Å². The van der Waals surface area contributed by atoms with Gasteiger partial charge in [-0.05, 0) is 42.3 Å². The van der Waals surface area contributed by atoms with Gasteiger partial charge in [-0.2, -0.15) is 0 Å². The molecule has 1 unspecified atom stereocenters. The Hall–Kier alpha value is -2.40. The van der Waals surface area contributed by atoms with Gasteiger partial charge in [-0.15, -0.1) is 0 Å². The van der Waals surface area contributed by atoms with E-state index in [4.69, 9.17) is 4.74 Å². The molecule has 0 saturated carbocycles. The normalized spacial score (nSPS) is 11.9. The third-order valence-electron chi connectivity index (χ3n) is 3.10. The Kier molecular flexibility index (Phi) is 4.00. The molecule has 0 aliphatic carbocycles. The number of aliphatic hydroxyl groups excluding tert-OH is 1. The van der Waals surface area contributed by atoms with Crippen molar-refractivity contribution in [3.8, 4) is 16.9 Å². The lowest BCUT2D eigenvalue weighted by Crippen LogP contribution is -1.99. The number of aliphatic hydroxyl groups is 1. The summed E-state index contributed by atoms with van der Waals surface area (Å²) in [6, 6.07) is 12.1. The van der Waals surface area contributed by atoms with Crippen LogP contribution >= 0.6 is 0 Å². The molecule has 2 aromatic rings. The van der Waals surface area contributed by atoms with Gasteiger partial charge in [0.25, 0.3) is 5.69 Å². The Morgan fingerprint density at radius 3 is 2.25 bits per heavy atom. The van der Waals surface area contributed by atoms with Crippen molar-refractivity contribution in [2.45, 2.75) is 13.0 Å². The second kappa shape index (κ2) is 5.71. The molecule has 0 aromatic heterocycles. The molecule has 0 aliphatic rings. The molecular weight excluding hydrogens is 258 g/mol. The fourth-order valence-corrected chi connectivity index (χ4v) is 2.02. The van der Waals surface area contributed by atoms with Crippen molar-refractivity contribution in [1.82, 2.24) is 0 Å². The number of benzene rings is 2. The van der Waals surface area contributed by atoms with Crippen molar-refractivity contribution in [2.24, 2.45) is 0 Å². The van der Waals surface area contributed by atoms with E-state index >= 15 is 0 Å². The van der Waals surface area contributed by atoms with Gasteiger partial charge >= 0.3 is 0 Å². The average molecular weight is 273 g/mol. The van der Waals surface area contributed by atoms with Crippen LogP contribution in [0, 0.1) is 10.1 Å². The maximum Gasteiger partial charge on any atom is 0.275 e. The number of rotatable bonds is 4. The second-order valence-electron chi connectivity index (χ2n) is 4.44. The van der Waals surface area contributed by atoms with E-state index in [2.05, 4.69) is 0 Å². The highest BCUT2D eigenvalue weighted by atomic mass is 16.6. The van der Waals surface area contributed by atoms with Gasteiger partial charge in [-0.1, -0.05) is 12.1 Å². The van der Waals surface area contributed by atoms with Crippen LogP contribution in [0.1, 0.15) is 18.6 Å². The predicted octanol–water partition coefficient (Wildman–Crippen LogP) is 3.32. The Bertz CT molecular complexity index is 620. The Balaban J connectivity index is 2.47. The SMILES string of the molecule is COc1ccc(-c2ccc([N+](=O)[O-])c(C(C)O)c2)cc1. The molecule has 0 heterocycles. The van der Waals surface area contributed by atoms with Gasteiger partial charge in [0, 0.05) is 6.07 Å². The zero-order valence-corrected chi connectivity index (χ0v) is 11.2. The number of nitro benzene ring substituents is 1. The minimum Gasteiger partial charge on any atom is -0.497 e. The summed E-state index contributed by atoms with van der Waals surface area (Å²) in [4.78, 5) is 10.4. The smallest absolute Gasteiger partial charge is 0.275 e. The van der Waals surface area contributed by atoms with E-state index in [0.717, 1.165) is 16.9 Å². The molecular formula is C15H15NO4. The third-order valence-corrected chi connectivity index (χ3v) is 3.10. The van der Waals surface area contributed by atoms with E-state index in [1.807, 2.05) is 24.3 Å². The molecule has 1 N–H and O–H groups in total. The largest absolute Gasteiger partial charge is 0.497 e. The molecule has 0 radical (unpaired) electrons. The maximum absolute atomic E-state index is 10.9. The van der Waals surface area contributed by atoms with Crippen LogP contribution in [0.3, 0.4) is 0 Å². The van der Waals surface area contributed by atoms with Crippen LogP contribution in [0.5, 0.6) is 5.75 Å². The standard InChI is InChI=1S/C15H15NO4/c1-10(17)14-9-12(5-8-15(14)16(18)19)11-3-6-13(20-2)7-4-11/h3-10,17H,1-2H3. The van der Waals surface area contributed by atoms with Crippen molar-refractivity contribution in [3.05, 3.63) is 58.1 Å². The molecule has 2 rings (SSSR count). The van der Waals surface area contributed by atoms with Crippen molar-refractivity contribution in [3.63, 3.8) is 0 Å². The zero-order chi connectivity index (χ0) is 14.7. The molecule has 5 nitrogen and oxygen atoms in total. The first-order valence-corrected chi connectivity index (χ1v) is 6.13. The molecule has 0 bridgehead atoms. The van der Waals surface area contributed by atoms with E-state index in [1.54, 1.807) is 19.2 Å². The number of hydrogen-bond acceptors (Lipinski definition) is 4. The number of methoxy groups -OCH3 is 1. The van der Waals surface area contributed by atoms with Crippen LogP contribution in [-0.4, -0.2) is 17.1 Å². The van der Waals surface area contributed by atoms with Crippen LogP contribution in [-0.2, 0) is 0 Å². The van der Waals surface area contributed by atoms with Crippen molar-refractivity contribution in [1.29, 1.82) is 0 Å². The molecule has 1 atom stereocenters. The first kappa shape index (κ1) is 14.0. The van der Waals surface area contributed by atoms with Gasteiger partial charge in [0.2, 0.25) is 0 Å². The minimum absolute atomic E-state index is 0.0720. The number of nitro groups is 1. The summed E-state index contributed by atoms with van der Waals surface area (Å²) in [6.07, 6.45) is -0.895. The third kappa shape index (κ3) is 2.78. The molecule has 0 saturated heterocycles. The predicted molar refractivity (Wildman–Crippen MR) is 75.7 cm³/mol. The Morgan fingerprint density at radius 2 is 1.75 bits per heavy atom. The summed E-state index contributed by atoms with van der Waals surface area (Å²) in [7, 11) is 1.59. The topological polar surface area (TPSA) is 72.6 Å². The fourth-order valence-electron chi connectivity index (χ4n) is 2.02. The Labute approximate surface area is 116 Å². The van der Waals surface area contributed by atoms with E-state index in [-0.39, 0.29) is 5.69 Å². The van der Waals surface area contributed by atoms with Gasteiger partial charge in [0.15, 0.2) is 0 Å². The molecule has 0 amide bonds. The van der Waals surface area contributed by atoms with E-state index in [0.29, 0.717) is 5.56 Å². The lowest BCUT2D eigenvalue weighted by molar-refractivity contribution is -0.386. The molecule has 20 heavy (non-hydrogen) atoms. The highest BCUT2D eigenvalue weighted by molar-refractivity contribution is 5.67. The minimum atomic E-state index is -0.895. The molecule has 0 aliphatic heterocycles. The monoisotopic (exact) mass is 273 g/mol. The summed E-state index contributed by atoms with van der Waals surface area (Å²) in [5.74, 6) is 0.742. The van der Waals surface area contributed by atoms with Crippen molar-refractivity contribution >= 4 is 5.69 Å². The number of nitrogens with zero attached hydrogens (tertiary/aromatic N) is 1. The average Bonchev–Trinajstić information content (AvgIpc) is 2.46. The van der Waals surface area contributed by atoms with Gasteiger partial charge in [0.1, 0.15) is 5.75 Å². The molecule has 2 aromatic carbocycles. The maximum atomic E-state index is 10.9. The van der Waals surface area contributed by atoms with Gasteiger partial charge in [0.05, 0.1) is 23.7 Å². The Morgan fingerprint density at radius 1 is 1.15 bits per heavy atom. The number of hydrogen-bond donors (Lipinski definition) is 1. The van der Waals surface area contributed by atoms with Gasteiger partial charge < -0.3 is 9.84 Å². The first-order chi connectivity index (χ1) is 9.52. The molecule has 0 spiro atoms. The van der Waals surface area contributed by atoms with Crippen molar-refractivity contribution in [2.75, 3.05) is 7.11 Å². The highest BCUT2D eigenvalue weighted by Crippen LogP contribution is 2.31. The summed E-state index contributed by atoms with van der Waals surface area (Å²) >= 11 is 0. The van der Waals surface area contributed by atoms with Gasteiger partial charge in [-0.3, -0.25) is 10.1 Å². The van der Waals surface area contributed by atoms with Crippen LogP contribution in [0.25, 0.3) is 11.1 Å². The van der Waals surface area contributed by atoms with Gasteiger partial charge in [-0.25, -0.2) is 0 Å². The fraction of sp³-hybridized carbons (Fsp3) is 0.200.